The van der Waals surface area contributed by atoms with E-state index in [4.69, 9.17) is 4.42 Å². The standard InChI is InChI=1S/C54H36N2O/c1-2-12-37(13-3-1)39-26-30-42(31-27-39)55(44-34-35-49-48-17-7-11-21-53(48)57-54(49)36-44)43-32-28-40(29-33-43)38-22-24-41(25-23-38)45-14-4-8-18-50(45)56-51-19-9-5-15-46(51)47-16-6-10-20-52(47)56/h1-36H. The summed E-state index contributed by atoms with van der Waals surface area (Å²) in [5.41, 5.74) is 15.6. The van der Waals surface area contributed by atoms with E-state index in [1.54, 1.807) is 0 Å². The smallest absolute Gasteiger partial charge is 0.137 e. The van der Waals surface area contributed by atoms with Gasteiger partial charge in [-0.25, -0.2) is 0 Å². The molecule has 0 fully saturated rings. The second-order valence-electron chi connectivity index (χ2n) is 14.5. The van der Waals surface area contributed by atoms with Crippen LogP contribution in [0.5, 0.6) is 0 Å². The van der Waals surface area contributed by atoms with E-state index in [9.17, 15) is 0 Å². The number of aromatic nitrogens is 1. The Bertz CT molecular complexity index is 3160. The maximum atomic E-state index is 6.35. The fourth-order valence-corrected chi connectivity index (χ4v) is 8.47. The minimum Gasteiger partial charge on any atom is -0.456 e. The van der Waals surface area contributed by atoms with Crippen molar-refractivity contribution in [3.05, 3.63) is 218 Å². The van der Waals surface area contributed by atoms with E-state index >= 15 is 0 Å². The lowest BCUT2D eigenvalue weighted by Gasteiger charge is -2.26. The van der Waals surface area contributed by atoms with Crippen LogP contribution in [-0.4, -0.2) is 4.57 Å². The van der Waals surface area contributed by atoms with Crippen LogP contribution >= 0.6 is 0 Å². The molecule has 268 valence electrons. The maximum absolute atomic E-state index is 6.35. The summed E-state index contributed by atoms with van der Waals surface area (Å²) in [4.78, 5) is 2.31. The van der Waals surface area contributed by atoms with Gasteiger partial charge < -0.3 is 13.9 Å². The van der Waals surface area contributed by atoms with Gasteiger partial charge in [0.05, 0.1) is 16.7 Å². The van der Waals surface area contributed by atoms with Gasteiger partial charge in [0.15, 0.2) is 0 Å². The zero-order chi connectivity index (χ0) is 37.7. The average Bonchev–Trinajstić information content (AvgIpc) is 3.83. The van der Waals surface area contributed by atoms with E-state index in [-0.39, 0.29) is 0 Å². The molecule has 11 rings (SSSR count). The molecule has 0 N–H and O–H groups in total. The van der Waals surface area contributed by atoms with Crippen molar-refractivity contribution in [3.8, 4) is 39.1 Å². The molecule has 57 heavy (non-hydrogen) atoms. The summed E-state index contributed by atoms with van der Waals surface area (Å²) in [5, 5.41) is 4.77. The zero-order valence-corrected chi connectivity index (χ0v) is 31.1. The Kier molecular flexibility index (Phi) is 7.82. The predicted octanol–water partition coefficient (Wildman–Crippen LogP) is 15.2. The molecule has 0 radical (unpaired) electrons. The van der Waals surface area contributed by atoms with Crippen molar-refractivity contribution in [2.75, 3.05) is 4.90 Å². The molecule has 0 saturated heterocycles. The maximum Gasteiger partial charge on any atom is 0.137 e. The molecular weight excluding hydrogens is 693 g/mol. The summed E-state index contributed by atoms with van der Waals surface area (Å²) in [6.07, 6.45) is 0. The van der Waals surface area contributed by atoms with Gasteiger partial charge in [-0.3, -0.25) is 0 Å². The summed E-state index contributed by atoms with van der Waals surface area (Å²) < 4.78 is 8.75. The van der Waals surface area contributed by atoms with Gasteiger partial charge in [-0.2, -0.15) is 0 Å². The van der Waals surface area contributed by atoms with Crippen LogP contribution in [-0.2, 0) is 0 Å². The fourth-order valence-electron chi connectivity index (χ4n) is 8.47. The molecule has 0 unspecified atom stereocenters. The molecule has 3 nitrogen and oxygen atoms in total. The van der Waals surface area contributed by atoms with Crippen LogP contribution in [0.3, 0.4) is 0 Å². The fraction of sp³-hybridized carbons (Fsp3) is 0. The molecule has 0 amide bonds. The highest BCUT2D eigenvalue weighted by Gasteiger charge is 2.18. The van der Waals surface area contributed by atoms with E-state index in [1.807, 2.05) is 12.1 Å². The normalized spacial score (nSPS) is 11.5. The molecule has 0 saturated carbocycles. The third kappa shape index (κ3) is 5.68. The molecule has 2 aromatic heterocycles. The van der Waals surface area contributed by atoms with Gasteiger partial charge in [-0.15, -0.1) is 0 Å². The van der Waals surface area contributed by atoms with Crippen LogP contribution in [0.4, 0.5) is 17.1 Å². The topological polar surface area (TPSA) is 21.3 Å². The van der Waals surface area contributed by atoms with Crippen LogP contribution in [0.15, 0.2) is 223 Å². The van der Waals surface area contributed by atoms with Crippen molar-refractivity contribution in [1.82, 2.24) is 4.57 Å². The number of anilines is 3. The Balaban J connectivity index is 0.948. The Labute approximate surface area is 330 Å². The van der Waals surface area contributed by atoms with Gasteiger partial charge in [0.25, 0.3) is 0 Å². The average molecular weight is 729 g/mol. The quantitative estimate of drug-likeness (QED) is 0.163. The lowest BCUT2D eigenvalue weighted by Crippen LogP contribution is -2.09. The summed E-state index contributed by atoms with van der Waals surface area (Å²) in [5.74, 6) is 0. The van der Waals surface area contributed by atoms with Crippen molar-refractivity contribution in [3.63, 3.8) is 0 Å². The number of benzene rings is 9. The minimum atomic E-state index is 0.871. The third-order valence-electron chi connectivity index (χ3n) is 11.2. The summed E-state index contributed by atoms with van der Waals surface area (Å²) >= 11 is 0. The lowest BCUT2D eigenvalue weighted by atomic mass is 9.98. The van der Waals surface area contributed by atoms with E-state index in [2.05, 4.69) is 216 Å². The molecule has 0 aliphatic rings. The molecule has 0 bridgehead atoms. The molecule has 0 spiro atoms. The largest absolute Gasteiger partial charge is 0.456 e. The van der Waals surface area contributed by atoms with Crippen molar-refractivity contribution in [1.29, 1.82) is 0 Å². The van der Waals surface area contributed by atoms with Crippen LogP contribution in [0.25, 0.3) is 82.8 Å². The second kappa shape index (κ2) is 13.6. The van der Waals surface area contributed by atoms with E-state index in [0.717, 1.165) is 44.6 Å². The number of hydrogen-bond donors (Lipinski definition) is 0. The van der Waals surface area contributed by atoms with E-state index in [1.165, 1.54) is 55.3 Å². The van der Waals surface area contributed by atoms with Crippen LogP contribution in [0, 0.1) is 0 Å². The summed E-state index contributed by atoms with van der Waals surface area (Å²) in [7, 11) is 0. The lowest BCUT2D eigenvalue weighted by molar-refractivity contribution is 0.669. The first-order chi connectivity index (χ1) is 28.3. The van der Waals surface area contributed by atoms with Crippen molar-refractivity contribution in [2.24, 2.45) is 0 Å². The van der Waals surface area contributed by atoms with Gasteiger partial charge in [0.1, 0.15) is 11.2 Å². The summed E-state index contributed by atoms with van der Waals surface area (Å²) in [6, 6.07) is 78.1. The Morgan fingerprint density at radius 1 is 0.316 bits per heavy atom. The minimum absolute atomic E-state index is 0.871. The van der Waals surface area contributed by atoms with Crippen LogP contribution < -0.4 is 4.90 Å². The van der Waals surface area contributed by atoms with Gasteiger partial charge in [0.2, 0.25) is 0 Å². The van der Waals surface area contributed by atoms with Crippen molar-refractivity contribution < 1.29 is 4.42 Å². The monoisotopic (exact) mass is 728 g/mol. The number of rotatable bonds is 7. The molecule has 0 aliphatic heterocycles. The van der Waals surface area contributed by atoms with E-state index < -0.39 is 0 Å². The second-order valence-corrected chi connectivity index (χ2v) is 14.5. The van der Waals surface area contributed by atoms with Crippen molar-refractivity contribution >= 4 is 60.8 Å². The van der Waals surface area contributed by atoms with Gasteiger partial charge in [-0.05, 0) is 88.5 Å². The zero-order valence-electron chi connectivity index (χ0n) is 31.1. The Morgan fingerprint density at radius 3 is 1.42 bits per heavy atom. The highest BCUT2D eigenvalue weighted by Crippen LogP contribution is 2.41. The number of nitrogens with zero attached hydrogens (tertiary/aromatic N) is 2. The summed E-state index contributed by atoms with van der Waals surface area (Å²) in [6.45, 7) is 0. The number of para-hydroxylation sites is 4. The first kappa shape index (κ1) is 32.8. The third-order valence-corrected chi connectivity index (χ3v) is 11.2. The van der Waals surface area contributed by atoms with Crippen molar-refractivity contribution in [2.45, 2.75) is 0 Å². The number of fused-ring (bicyclic) bond motifs is 6. The van der Waals surface area contributed by atoms with Gasteiger partial charge >= 0.3 is 0 Å². The van der Waals surface area contributed by atoms with E-state index in [0.29, 0.717) is 0 Å². The van der Waals surface area contributed by atoms with Crippen LogP contribution in [0.1, 0.15) is 0 Å². The molecule has 3 heteroatoms. The SMILES string of the molecule is c1ccc(-c2ccc(N(c3ccc(-c4ccc(-c5ccccc5-n5c6ccccc6c6ccccc65)cc4)cc3)c3ccc4c(c3)oc3ccccc34)cc2)cc1. The molecular formula is C54H36N2O. The predicted molar refractivity (Wildman–Crippen MR) is 239 cm³/mol. The van der Waals surface area contributed by atoms with Crippen LogP contribution in [0.2, 0.25) is 0 Å². The van der Waals surface area contributed by atoms with Gasteiger partial charge in [-0.1, -0.05) is 152 Å². The Hall–Kier alpha value is -7.62. The molecule has 11 aromatic rings. The molecule has 0 atom stereocenters. The number of furan rings is 1. The Morgan fingerprint density at radius 2 is 0.772 bits per heavy atom. The first-order valence-electron chi connectivity index (χ1n) is 19.4. The van der Waals surface area contributed by atoms with Gasteiger partial charge in [0, 0.05) is 50.2 Å². The highest BCUT2D eigenvalue weighted by atomic mass is 16.3. The molecule has 0 aliphatic carbocycles. The first-order valence-corrected chi connectivity index (χ1v) is 19.4. The number of hydrogen-bond acceptors (Lipinski definition) is 2. The molecule has 9 aromatic carbocycles. The molecule has 2 heterocycles. The highest BCUT2D eigenvalue weighted by molar-refractivity contribution is 6.10.